The van der Waals surface area contributed by atoms with Crippen LogP contribution in [0.15, 0.2) is 24.3 Å². The van der Waals surface area contributed by atoms with E-state index in [0.29, 0.717) is 0 Å². The number of carbonyl (C=O) groups excluding carboxylic acids is 1. The summed E-state index contributed by atoms with van der Waals surface area (Å²) in [4.78, 5) is 11.2. The highest BCUT2D eigenvalue weighted by Crippen LogP contribution is 2.32. The number of Topliss-reactive ketones (excluding diaryl/α,β-unsaturated/α-hetero) is 1. The lowest BCUT2D eigenvalue weighted by atomic mass is 10.0. The molecule has 1 atom stereocenters. The van der Waals surface area contributed by atoms with E-state index in [4.69, 9.17) is 5.11 Å². The van der Waals surface area contributed by atoms with E-state index in [1.807, 2.05) is 0 Å². The standard InChI is InChI=1S/C10H8F3O2/c1-6(14)9(15)7-4-2-3-5-8(7)10(11,12)13/h2-6,14H,1H2. The van der Waals surface area contributed by atoms with Crippen LogP contribution in [0.25, 0.3) is 0 Å². The molecule has 0 saturated heterocycles. The first-order chi connectivity index (χ1) is 6.84. The highest BCUT2D eigenvalue weighted by atomic mass is 19.4. The molecule has 1 aromatic carbocycles. The zero-order valence-corrected chi connectivity index (χ0v) is 7.58. The lowest BCUT2D eigenvalue weighted by Gasteiger charge is -2.12. The predicted molar refractivity (Wildman–Crippen MR) is 47.1 cm³/mol. The van der Waals surface area contributed by atoms with Gasteiger partial charge in [-0.1, -0.05) is 18.2 Å². The summed E-state index contributed by atoms with van der Waals surface area (Å²) in [5.74, 6) is -1.04. The molecule has 0 aromatic heterocycles. The summed E-state index contributed by atoms with van der Waals surface area (Å²) < 4.78 is 37.3. The Hall–Kier alpha value is -1.36. The Kier molecular flexibility index (Phi) is 3.14. The van der Waals surface area contributed by atoms with E-state index in [1.165, 1.54) is 12.1 Å². The molecule has 1 rings (SSSR count). The number of hydrogen-bond acceptors (Lipinski definition) is 2. The Bertz CT molecular complexity index is 369. The van der Waals surface area contributed by atoms with Crippen LogP contribution in [0.3, 0.4) is 0 Å². The van der Waals surface area contributed by atoms with Gasteiger partial charge < -0.3 is 5.11 Å². The van der Waals surface area contributed by atoms with Crippen LogP contribution in [-0.4, -0.2) is 17.0 Å². The number of aliphatic hydroxyl groups excluding tert-OH is 1. The van der Waals surface area contributed by atoms with E-state index in [1.54, 1.807) is 0 Å². The third kappa shape index (κ3) is 2.56. The Balaban J connectivity index is 3.25. The number of rotatable bonds is 2. The molecule has 0 heterocycles. The highest BCUT2D eigenvalue weighted by molar-refractivity contribution is 6.01. The molecule has 0 spiro atoms. The fourth-order valence-corrected chi connectivity index (χ4v) is 1.12. The molecule has 1 N–H and O–H groups in total. The van der Waals surface area contributed by atoms with Crippen LogP contribution in [-0.2, 0) is 6.18 Å². The summed E-state index contributed by atoms with van der Waals surface area (Å²) >= 11 is 0. The van der Waals surface area contributed by atoms with Crippen LogP contribution in [0.1, 0.15) is 15.9 Å². The second kappa shape index (κ2) is 4.02. The molecule has 0 bridgehead atoms. The third-order valence-electron chi connectivity index (χ3n) is 1.80. The number of hydrogen-bond donors (Lipinski definition) is 1. The summed E-state index contributed by atoms with van der Waals surface area (Å²) in [5.41, 5.74) is -1.62. The summed E-state index contributed by atoms with van der Waals surface area (Å²) in [7, 11) is 0. The van der Waals surface area contributed by atoms with Crippen molar-refractivity contribution in [3.05, 3.63) is 42.3 Å². The molecule has 1 aromatic rings. The summed E-state index contributed by atoms with van der Waals surface area (Å²) in [5, 5.41) is 8.84. The van der Waals surface area contributed by atoms with E-state index in [0.717, 1.165) is 12.1 Å². The molecule has 0 aliphatic rings. The van der Waals surface area contributed by atoms with E-state index in [9.17, 15) is 18.0 Å². The van der Waals surface area contributed by atoms with Crippen molar-refractivity contribution in [2.45, 2.75) is 12.3 Å². The first kappa shape index (κ1) is 11.7. The van der Waals surface area contributed by atoms with Crippen LogP contribution in [0.4, 0.5) is 13.2 Å². The van der Waals surface area contributed by atoms with Gasteiger partial charge in [0.2, 0.25) is 0 Å². The smallest absolute Gasteiger partial charge is 0.385 e. The average Bonchev–Trinajstić information content (AvgIpc) is 2.15. The number of alkyl halides is 3. The van der Waals surface area contributed by atoms with Crippen LogP contribution in [0, 0.1) is 6.92 Å². The molecular formula is C10H8F3O2. The molecule has 5 heteroatoms. The monoisotopic (exact) mass is 217 g/mol. The maximum absolute atomic E-state index is 12.4. The molecule has 0 saturated carbocycles. The van der Waals surface area contributed by atoms with Gasteiger partial charge in [-0.2, -0.15) is 13.2 Å². The largest absolute Gasteiger partial charge is 0.417 e. The van der Waals surface area contributed by atoms with Gasteiger partial charge in [0.1, 0.15) is 6.10 Å². The van der Waals surface area contributed by atoms with Crippen molar-refractivity contribution in [3.63, 3.8) is 0 Å². The maximum Gasteiger partial charge on any atom is 0.417 e. The molecule has 15 heavy (non-hydrogen) atoms. The second-order valence-corrected chi connectivity index (χ2v) is 2.92. The first-order valence-corrected chi connectivity index (χ1v) is 4.05. The molecule has 0 fully saturated rings. The molecular weight excluding hydrogens is 209 g/mol. The van der Waals surface area contributed by atoms with Gasteiger partial charge in [0, 0.05) is 5.56 Å². The van der Waals surface area contributed by atoms with Gasteiger partial charge in [-0.3, -0.25) is 4.79 Å². The second-order valence-electron chi connectivity index (χ2n) is 2.92. The SMILES string of the molecule is [CH2]C(O)C(=O)c1ccccc1C(F)(F)F. The van der Waals surface area contributed by atoms with E-state index in [-0.39, 0.29) is 0 Å². The normalized spacial score (nSPS) is 13.7. The lowest BCUT2D eigenvalue weighted by Crippen LogP contribution is -2.21. The van der Waals surface area contributed by atoms with Crippen LogP contribution >= 0.6 is 0 Å². The molecule has 0 aliphatic carbocycles. The van der Waals surface area contributed by atoms with Crippen LogP contribution in [0.5, 0.6) is 0 Å². The van der Waals surface area contributed by atoms with Crippen molar-refractivity contribution in [1.82, 2.24) is 0 Å². The fourth-order valence-electron chi connectivity index (χ4n) is 1.12. The molecule has 2 nitrogen and oxygen atoms in total. The Morgan fingerprint density at radius 3 is 2.33 bits per heavy atom. The highest BCUT2D eigenvalue weighted by Gasteiger charge is 2.35. The van der Waals surface area contributed by atoms with Crippen molar-refractivity contribution >= 4 is 5.78 Å². The molecule has 0 amide bonds. The predicted octanol–water partition coefficient (Wildman–Crippen LogP) is 2.08. The zero-order valence-electron chi connectivity index (χ0n) is 7.58. The molecule has 1 unspecified atom stereocenters. The average molecular weight is 217 g/mol. The minimum absolute atomic E-state index is 0.562. The van der Waals surface area contributed by atoms with Crippen molar-refractivity contribution in [2.24, 2.45) is 0 Å². The van der Waals surface area contributed by atoms with Crippen LogP contribution in [0.2, 0.25) is 0 Å². The van der Waals surface area contributed by atoms with Crippen molar-refractivity contribution < 1.29 is 23.1 Å². The maximum atomic E-state index is 12.4. The van der Waals surface area contributed by atoms with Gasteiger partial charge in [-0.05, 0) is 13.0 Å². The minimum atomic E-state index is -4.61. The fraction of sp³-hybridized carbons (Fsp3) is 0.200. The minimum Gasteiger partial charge on any atom is -0.385 e. The van der Waals surface area contributed by atoms with Crippen molar-refractivity contribution in [2.75, 3.05) is 0 Å². The zero-order chi connectivity index (χ0) is 11.6. The third-order valence-corrected chi connectivity index (χ3v) is 1.80. The Morgan fingerprint density at radius 2 is 1.87 bits per heavy atom. The molecule has 0 aliphatic heterocycles. The summed E-state index contributed by atoms with van der Waals surface area (Å²) in [6.07, 6.45) is -6.30. The van der Waals surface area contributed by atoms with Gasteiger partial charge in [-0.25, -0.2) is 0 Å². The van der Waals surface area contributed by atoms with Gasteiger partial charge in [0.25, 0.3) is 0 Å². The number of halogens is 3. The van der Waals surface area contributed by atoms with E-state index in [2.05, 4.69) is 6.92 Å². The van der Waals surface area contributed by atoms with Gasteiger partial charge >= 0.3 is 6.18 Å². The number of benzene rings is 1. The van der Waals surface area contributed by atoms with Crippen molar-refractivity contribution in [3.8, 4) is 0 Å². The Morgan fingerprint density at radius 1 is 1.33 bits per heavy atom. The van der Waals surface area contributed by atoms with E-state index < -0.39 is 29.2 Å². The van der Waals surface area contributed by atoms with E-state index >= 15 is 0 Å². The first-order valence-electron chi connectivity index (χ1n) is 4.05. The lowest BCUT2D eigenvalue weighted by molar-refractivity contribution is -0.137. The Labute approximate surface area is 84.3 Å². The van der Waals surface area contributed by atoms with Gasteiger partial charge in [-0.15, -0.1) is 0 Å². The molecule has 1 radical (unpaired) electrons. The topological polar surface area (TPSA) is 37.3 Å². The quantitative estimate of drug-likeness (QED) is 0.770. The van der Waals surface area contributed by atoms with Gasteiger partial charge in [0.15, 0.2) is 5.78 Å². The number of carbonyl (C=O) groups is 1. The van der Waals surface area contributed by atoms with Crippen molar-refractivity contribution in [1.29, 1.82) is 0 Å². The van der Waals surface area contributed by atoms with Crippen LogP contribution < -0.4 is 0 Å². The van der Waals surface area contributed by atoms with Gasteiger partial charge in [0.05, 0.1) is 5.56 Å². The summed E-state index contributed by atoms with van der Waals surface area (Å²) in [6.45, 7) is 2.98. The summed E-state index contributed by atoms with van der Waals surface area (Å²) in [6, 6.07) is 4.27. The number of ketones is 1. The molecule has 81 valence electrons. The number of aliphatic hydroxyl groups is 1.